The van der Waals surface area contributed by atoms with Gasteiger partial charge in [-0.1, -0.05) is 13.3 Å². The van der Waals surface area contributed by atoms with Gasteiger partial charge in [0.1, 0.15) is 18.0 Å². The molecule has 0 atom stereocenters. The number of fused-ring (bicyclic) bond motifs is 1. The van der Waals surface area contributed by atoms with Crippen LogP contribution in [0.1, 0.15) is 26.7 Å². The average Bonchev–Trinajstić information content (AvgIpc) is 2.40. The maximum Gasteiger partial charge on any atom is 0.139 e. The molecular formula is C14H18FN3. The molecule has 0 saturated heterocycles. The highest BCUT2D eigenvalue weighted by atomic mass is 19.1. The molecule has 0 unspecified atom stereocenters. The molecule has 0 saturated carbocycles. The van der Waals surface area contributed by atoms with Crippen LogP contribution in [0.25, 0.3) is 10.9 Å². The molecule has 0 bridgehead atoms. The van der Waals surface area contributed by atoms with E-state index in [1.54, 1.807) is 12.4 Å². The first-order valence-corrected chi connectivity index (χ1v) is 6.41. The third-order valence-corrected chi connectivity index (χ3v) is 3.04. The first-order chi connectivity index (χ1) is 8.76. The van der Waals surface area contributed by atoms with Crippen LogP contribution < -0.4 is 4.90 Å². The largest absolute Gasteiger partial charge is 0.356 e. The predicted molar refractivity (Wildman–Crippen MR) is 72.3 cm³/mol. The number of rotatable bonds is 5. The fourth-order valence-electron chi connectivity index (χ4n) is 2.03. The second kappa shape index (κ2) is 5.76. The molecule has 3 nitrogen and oxygen atoms in total. The molecule has 0 radical (unpaired) electrons. The van der Waals surface area contributed by atoms with E-state index in [1.807, 2.05) is 0 Å². The van der Waals surface area contributed by atoms with Crippen LogP contribution in [0.3, 0.4) is 0 Å². The van der Waals surface area contributed by atoms with E-state index >= 15 is 0 Å². The molecule has 0 fully saturated rings. The van der Waals surface area contributed by atoms with E-state index in [-0.39, 0.29) is 5.82 Å². The second-order valence-corrected chi connectivity index (χ2v) is 4.29. The molecule has 1 heterocycles. The summed E-state index contributed by atoms with van der Waals surface area (Å²) in [6.07, 6.45) is 3.78. The maximum atomic E-state index is 13.4. The van der Waals surface area contributed by atoms with Gasteiger partial charge in [-0.25, -0.2) is 14.4 Å². The van der Waals surface area contributed by atoms with Gasteiger partial charge in [0.05, 0.1) is 5.52 Å². The van der Waals surface area contributed by atoms with Crippen molar-refractivity contribution >= 4 is 16.7 Å². The van der Waals surface area contributed by atoms with Gasteiger partial charge < -0.3 is 4.90 Å². The smallest absolute Gasteiger partial charge is 0.139 e. The Balaban J connectivity index is 2.44. The number of aromatic nitrogens is 2. The molecule has 0 aliphatic carbocycles. The topological polar surface area (TPSA) is 29.0 Å². The van der Waals surface area contributed by atoms with Crippen LogP contribution >= 0.6 is 0 Å². The normalized spacial score (nSPS) is 10.8. The minimum absolute atomic E-state index is 0.245. The predicted octanol–water partition coefficient (Wildman–Crippen LogP) is 3.40. The van der Waals surface area contributed by atoms with E-state index < -0.39 is 0 Å². The van der Waals surface area contributed by atoms with Crippen LogP contribution in [0.5, 0.6) is 0 Å². The number of nitrogens with zero attached hydrogens (tertiary/aromatic N) is 3. The maximum absolute atomic E-state index is 13.4. The molecular weight excluding hydrogens is 229 g/mol. The Hall–Kier alpha value is -1.71. The summed E-state index contributed by atoms with van der Waals surface area (Å²) in [5.41, 5.74) is 0.788. The first kappa shape index (κ1) is 12.7. The fourth-order valence-corrected chi connectivity index (χ4v) is 2.03. The van der Waals surface area contributed by atoms with Gasteiger partial charge >= 0.3 is 0 Å². The number of anilines is 1. The summed E-state index contributed by atoms with van der Waals surface area (Å²) >= 11 is 0. The van der Waals surface area contributed by atoms with E-state index in [4.69, 9.17) is 0 Å². The molecule has 0 N–H and O–H groups in total. The van der Waals surface area contributed by atoms with Crippen molar-refractivity contribution in [3.05, 3.63) is 30.3 Å². The molecule has 96 valence electrons. The summed E-state index contributed by atoms with van der Waals surface area (Å²) in [5.74, 6) is 0.584. The van der Waals surface area contributed by atoms with Crippen molar-refractivity contribution in [2.75, 3.05) is 18.0 Å². The third kappa shape index (κ3) is 2.58. The summed E-state index contributed by atoms with van der Waals surface area (Å²) in [6, 6.07) is 4.64. The van der Waals surface area contributed by atoms with E-state index in [2.05, 4.69) is 28.7 Å². The summed E-state index contributed by atoms with van der Waals surface area (Å²) in [5, 5.41) is 0.787. The van der Waals surface area contributed by atoms with Gasteiger partial charge in [0.2, 0.25) is 0 Å². The Kier molecular flexibility index (Phi) is 4.07. The Labute approximate surface area is 107 Å². The molecule has 0 spiro atoms. The van der Waals surface area contributed by atoms with Crippen molar-refractivity contribution in [2.24, 2.45) is 0 Å². The quantitative estimate of drug-likeness (QED) is 0.811. The SMILES string of the molecule is CCCCN(CC)c1ncnc2ccc(F)cc12. The summed E-state index contributed by atoms with van der Waals surface area (Å²) in [7, 11) is 0. The van der Waals surface area contributed by atoms with E-state index in [1.165, 1.54) is 12.1 Å². The number of hydrogen-bond acceptors (Lipinski definition) is 3. The molecule has 0 amide bonds. The van der Waals surface area contributed by atoms with Crippen LogP contribution in [0, 0.1) is 5.82 Å². The molecule has 0 aliphatic rings. The number of halogens is 1. The summed E-state index contributed by atoms with van der Waals surface area (Å²) < 4.78 is 13.4. The molecule has 0 aliphatic heterocycles. The standard InChI is InChI=1S/C14H18FN3/c1-3-5-8-18(4-2)14-12-9-11(15)6-7-13(12)16-10-17-14/h6-7,9-10H,3-5,8H2,1-2H3. The summed E-state index contributed by atoms with van der Waals surface area (Å²) in [6.45, 7) is 6.05. The van der Waals surface area contributed by atoms with Crippen molar-refractivity contribution in [1.82, 2.24) is 9.97 Å². The molecule has 1 aromatic heterocycles. The highest BCUT2D eigenvalue weighted by Gasteiger charge is 2.10. The number of hydrogen-bond donors (Lipinski definition) is 0. The van der Waals surface area contributed by atoms with Crippen LogP contribution in [0.4, 0.5) is 10.2 Å². The highest BCUT2D eigenvalue weighted by molar-refractivity contribution is 5.89. The number of unbranched alkanes of at least 4 members (excludes halogenated alkanes) is 1. The first-order valence-electron chi connectivity index (χ1n) is 6.41. The second-order valence-electron chi connectivity index (χ2n) is 4.29. The lowest BCUT2D eigenvalue weighted by molar-refractivity contribution is 0.629. The van der Waals surface area contributed by atoms with Gasteiger partial charge in [0.25, 0.3) is 0 Å². The Morgan fingerprint density at radius 3 is 2.78 bits per heavy atom. The van der Waals surface area contributed by atoms with Gasteiger partial charge in [-0.2, -0.15) is 0 Å². The molecule has 1 aromatic carbocycles. The third-order valence-electron chi connectivity index (χ3n) is 3.04. The van der Waals surface area contributed by atoms with E-state index in [0.29, 0.717) is 0 Å². The van der Waals surface area contributed by atoms with Gasteiger partial charge in [0.15, 0.2) is 0 Å². The van der Waals surface area contributed by atoms with Crippen molar-refractivity contribution in [2.45, 2.75) is 26.7 Å². The zero-order chi connectivity index (χ0) is 13.0. The molecule has 18 heavy (non-hydrogen) atoms. The Bertz CT molecular complexity index is 527. The van der Waals surface area contributed by atoms with Gasteiger partial charge in [-0.3, -0.25) is 0 Å². The molecule has 2 rings (SSSR count). The van der Waals surface area contributed by atoms with Crippen molar-refractivity contribution in [3.8, 4) is 0 Å². The monoisotopic (exact) mass is 247 g/mol. The van der Waals surface area contributed by atoms with Crippen molar-refractivity contribution in [1.29, 1.82) is 0 Å². The van der Waals surface area contributed by atoms with Crippen LogP contribution in [0.15, 0.2) is 24.5 Å². The summed E-state index contributed by atoms with van der Waals surface area (Å²) in [4.78, 5) is 10.7. The van der Waals surface area contributed by atoms with Crippen molar-refractivity contribution in [3.63, 3.8) is 0 Å². The Morgan fingerprint density at radius 1 is 1.22 bits per heavy atom. The lowest BCUT2D eigenvalue weighted by Crippen LogP contribution is -2.25. The minimum Gasteiger partial charge on any atom is -0.356 e. The lowest BCUT2D eigenvalue weighted by Gasteiger charge is -2.22. The minimum atomic E-state index is -0.245. The lowest BCUT2D eigenvalue weighted by atomic mass is 10.2. The molecule has 2 aromatic rings. The van der Waals surface area contributed by atoms with Gasteiger partial charge in [0, 0.05) is 18.5 Å². The van der Waals surface area contributed by atoms with Crippen LogP contribution in [-0.4, -0.2) is 23.1 Å². The number of benzene rings is 1. The van der Waals surface area contributed by atoms with E-state index in [0.717, 1.165) is 42.7 Å². The fraction of sp³-hybridized carbons (Fsp3) is 0.429. The van der Waals surface area contributed by atoms with Crippen LogP contribution in [-0.2, 0) is 0 Å². The van der Waals surface area contributed by atoms with Crippen LogP contribution in [0.2, 0.25) is 0 Å². The Morgan fingerprint density at radius 2 is 2.06 bits per heavy atom. The highest BCUT2D eigenvalue weighted by Crippen LogP contribution is 2.23. The van der Waals surface area contributed by atoms with Gasteiger partial charge in [-0.05, 0) is 31.5 Å². The molecule has 4 heteroatoms. The average molecular weight is 247 g/mol. The van der Waals surface area contributed by atoms with Crippen molar-refractivity contribution < 1.29 is 4.39 Å². The zero-order valence-electron chi connectivity index (χ0n) is 10.9. The zero-order valence-corrected chi connectivity index (χ0v) is 10.9. The van der Waals surface area contributed by atoms with E-state index in [9.17, 15) is 4.39 Å². The van der Waals surface area contributed by atoms with Gasteiger partial charge in [-0.15, -0.1) is 0 Å².